The van der Waals surface area contributed by atoms with E-state index in [0.717, 1.165) is 27.5 Å². The molecule has 0 N–H and O–H groups in total. The van der Waals surface area contributed by atoms with Crippen LogP contribution in [-0.2, 0) is 11.8 Å². The minimum absolute atomic E-state index is 0.0737. The van der Waals surface area contributed by atoms with Crippen LogP contribution in [0.1, 0.15) is 28.7 Å². The van der Waals surface area contributed by atoms with Gasteiger partial charge in [0.25, 0.3) is 5.91 Å². The molecule has 1 unspecified atom stereocenters. The highest BCUT2D eigenvalue weighted by molar-refractivity contribution is 7.99. The van der Waals surface area contributed by atoms with Crippen LogP contribution in [0.5, 0.6) is 0 Å². The van der Waals surface area contributed by atoms with Gasteiger partial charge in [-0.05, 0) is 36.1 Å². The van der Waals surface area contributed by atoms with Crippen LogP contribution in [0.15, 0.2) is 74.8 Å². The van der Waals surface area contributed by atoms with Crippen molar-refractivity contribution in [2.45, 2.75) is 24.5 Å². The Morgan fingerprint density at radius 1 is 1.19 bits per heavy atom. The third-order valence-corrected chi connectivity index (χ3v) is 7.37. The molecular formula is C23H21N5O2S2. The summed E-state index contributed by atoms with van der Waals surface area (Å²) in [6.07, 6.45) is 2.25. The van der Waals surface area contributed by atoms with Crippen molar-refractivity contribution in [2.75, 3.05) is 5.75 Å². The van der Waals surface area contributed by atoms with E-state index in [1.807, 2.05) is 72.4 Å². The molecule has 1 aliphatic rings. The number of carbonyl (C=O) groups is 1. The molecule has 1 amide bonds. The molecule has 5 rings (SSSR count). The number of nitrogens with zero attached hydrogens (tertiary/aromatic N) is 5. The van der Waals surface area contributed by atoms with E-state index in [9.17, 15) is 4.79 Å². The van der Waals surface area contributed by atoms with E-state index in [-0.39, 0.29) is 17.7 Å². The van der Waals surface area contributed by atoms with E-state index in [2.05, 4.69) is 15.3 Å². The first-order valence-electron chi connectivity index (χ1n) is 10.2. The number of aryl methyl sites for hydroxylation is 1. The lowest BCUT2D eigenvalue weighted by atomic mass is 10.1. The van der Waals surface area contributed by atoms with Crippen molar-refractivity contribution in [1.82, 2.24) is 19.8 Å². The predicted octanol–water partition coefficient (Wildman–Crippen LogP) is 4.92. The van der Waals surface area contributed by atoms with Crippen LogP contribution >= 0.6 is 23.1 Å². The van der Waals surface area contributed by atoms with E-state index in [4.69, 9.17) is 4.42 Å². The van der Waals surface area contributed by atoms with Gasteiger partial charge in [-0.3, -0.25) is 4.79 Å². The van der Waals surface area contributed by atoms with Crippen LogP contribution in [0, 0.1) is 6.92 Å². The number of furan rings is 1. The molecule has 9 heteroatoms. The van der Waals surface area contributed by atoms with Crippen molar-refractivity contribution >= 4 is 34.7 Å². The largest absolute Gasteiger partial charge is 0.463 e. The molecule has 0 aliphatic carbocycles. The Morgan fingerprint density at radius 2 is 2.06 bits per heavy atom. The van der Waals surface area contributed by atoms with Gasteiger partial charge < -0.3 is 8.98 Å². The molecule has 1 aliphatic heterocycles. The van der Waals surface area contributed by atoms with Gasteiger partial charge in [0, 0.05) is 23.9 Å². The summed E-state index contributed by atoms with van der Waals surface area (Å²) >= 11 is 3.00. The molecular weight excluding hydrogens is 442 g/mol. The van der Waals surface area contributed by atoms with Gasteiger partial charge in [-0.25, -0.2) is 5.01 Å². The maximum atomic E-state index is 13.2. The number of amides is 1. The van der Waals surface area contributed by atoms with Gasteiger partial charge in [0.1, 0.15) is 11.5 Å². The van der Waals surface area contributed by atoms with E-state index in [1.54, 1.807) is 22.6 Å². The van der Waals surface area contributed by atoms with E-state index in [0.29, 0.717) is 17.3 Å². The lowest BCUT2D eigenvalue weighted by Crippen LogP contribution is -2.28. The molecule has 0 saturated heterocycles. The summed E-state index contributed by atoms with van der Waals surface area (Å²) in [4.78, 5) is 14.3. The number of carbonyl (C=O) groups excluding carboxylic acids is 1. The average Bonchev–Trinajstić information content (AvgIpc) is 3.59. The fraction of sp³-hybridized carbons (Fsp3) is 0.217. The van der Waals surface area contributed by atoms with Crippen molar-refractivity contribution in [3.63, 3.8) is 0 Å². The van der Waals surface area contributed by atoms with Gasteiger partial charge >= 0.3 is 0 Å². The highest BCUT2D eigenvalue weighted by Gasteiger charge is 2.34. The Morgan fingerprint density at radius 3 is 2.81 bits per heavy atom. The first-order chi connectivity index (χ1) is 15.6. The lowest BCUT2D eigenvalue weighted by molar-refractivity contribution is -0.130. The first-order valence-corrected chi connectivity index (χ1v) is 12.0. The normalized spacial score (nSPS) is 15.9. The molecule has 0 spiro atoms. The number of aromatic nitrogens is 3. The summed E-state index contributed by atoms with van der Waals surface area (Å²) in [6, 6.07) is 15.7. The number of rotatable bonds is 6. The number of thioether (sulfide) groups is 1. The lowest BCUT2D eigenvalue weighted by Gasteiger charge is -2.20. The van der Waals surface area contributed by atoms with Crippen LogP contribution in [0.4, 0.5) is 0 Å². The quantitative estimate of drug-likeness (QED) is 0.380. The summed E-state index contributed by atoms with van der Waals surface area (Å²) in [5.74, 6) is 1.63. The van der Waals surface area contributed by atoms with Crippen molar-refractivity contribution in [1.29, 1.82) is 0 Å². The summed E-state index contributed by atoms with van der Waals surface area (Å²) < 4.78 is 7.45. The molecule has 0 bridgehead atoms. The minimum Gasteiger partial charge on any atom is -0.463 e. The van der Waals surface area contributed by atoms with E-state index in [1.165, 1.54) is 11.8 Å². The second-order valence-electron chi connectivity index (χ2n) is 7.47. The summed E-state index contributed by atoms with van der Waals surface area (Å²) in [7, 11) is 1.92. The Kier molecular flexibility index (Phi) is 5.67. The van der Waals surface area contributed by atoms with Gasteiger partial charge in [0.2, 0.25) is 0 Å². The van der Waals surface area contributed by atoms with Gasteiger partial charge in [-0.2, -0.15) is 5.10 Å². The molecule has 0 saturated carbocycles. The fourth-order valence-corrected chi connectivity index (χ4v) is 5.30. The van der Waals surface area contributed by atoms with Crippen molar-refractivity contribution < 1.29 is 9.21 Å². The Bertz CT molecular complexity index is 1260. The van der Waals surface area contributed by atoms with Gasteiger partial charge in [0.15, 0.2) is 11.0 Å². The van der Waals surface area contributed by atoms with Crippen molar-refractivity contribution in [2.24, 2.45) is 12.1 Å². The minimum atomic E-state index is -0.120. The highest BCUT2D eigenvalue weighted by Crippen LogP contribution is 2.36. The predicted molar refractivity (Wildman–Crippen MR) is 126 cm³/mol. The topological polar surface area (TPSA) is 76.5 Å². The maximum Gasteiger partial charge on any atom is 0.253 e. The molecule has 4 heterocycles. The smallest absolute Gasteiger partial charge is 0.253 e. The highest BCUT2D eigenvalue weighted by atomic mass is 32.2. The standard InChI is InChI=1S/C23H21N5O2S2/c1-15-7-3-4-8-16(15)22-24-25-23(27(22)2)32-14-21(29)28-18(20-10-6-12-31-20)13-17(26-28)19-9-5-11-30-19/h3-12,18H,13-14H2,1-2H3. The van der Waals surface area contributed by atoms with E-state index < -0.39 is 0 Å². The van der Waals surface area contributed by atoms with Crippen LogP contribution in [0.3, 0.4) is 0 Å². The van der Waals surface area contributed by atoms with Crippen molar-refractivity contribution in [3.05, 3.63) is 76.4 Å². The van der Waals surface area contributed by atoms with Crippen molar-refractivity contribution in [3.8, 4) is 11.4 Å². The van der Waals surface area contributed by atoms with Gasteiger partial charge in [0.05, 0.1) is 18.1 Å². The molecule has 162 valence electrons. The Hall–Kier alpha value is -3.17. The number of thiophene rings is 1. The third-order valence-electron chi connectivity index (χ3n) is 5.39. The van der Waals surface area contributed by atoms with Gasteiger partial charge in [-0.15, -0.1) is 21.5 Å². The molecule has 0 radical (unpaired) electrons. The molecule has 7 nitrogen and oxygen atoms in total. The van der Waals surface area contributed by atoms with Crippen LogP contribution < -0.4 is 0 Å². The summed E-state index contributed by atoms with van der Waals surface area (Å²) in [5, 5.41) is 17.6. The zero-order chi connectivity index (χ0) is 22.1. The maximum absolute atomic E-state index is 13.2. The average molecular weight is 464 g/mol. The Labute approximate surface area is 193 Å². The van der Waals surface area contributed by atoms with Crippen LogP contribution in [0.2, 0.25) is 0 Å². The summed E-state index contributed by atoms with van der Waals surface area (Å²) in [6.45, 7) is 2.05. The number of hydrogen-bond acceptors (Lipinski definition) is 7. The molecule has 1 aromatic carbocycles. The number of hydrazone groups is 1. The Balaban J connectivity index is 1.34. The third kappa shape index (κ3) is 3.89. The van der Waals surface area contributed by atoms with Gasteiger partial charge in [-0.1, -0.05) is 42.1 Å². The number of benzene rings is 1. The molecule has 0 fully saturated rings. The molecule has 1 atom stereocenters. The fourth-order valence-electron chi connectivity index (χ4n) is 3.73. The second kappa shape index (κ2) is 8.76. The number of hydrogen-bond donors (Lipinski definition) is 0. The van der Waals surface area contributed by atoms with Crippen LogP contribution in [0.25, 0.3) is 11.4 Å². The monoisotopic (exact) mass is 463 g/mol. The SMILES string of the molecule is Cc1ccccc1-c1nnc(SCC(=O)N2N=C(c3ccco3)CC2c2cccs2)n1C. The summed E-state index contributed by atoms with van der Waals surface area (Å²) in [5.41, 5.74) is 2.95. The second-order valence-corrected chi connectivity index (χ2v) is 9.39. The van der Waals surface area contributed by atoms with Crippen LogP contribution in [-0.4, -0.2) is 37.1 Å². The zero-order valence-electron chi connectivity index (χ0n) is 17.6. The zero-order valence-corrected chi connectivity index (χ0v) is 19.3. The van der Waals surface area contributed by atoms with E-state index >= 15 is 0 Å². The first kappa shape index (κ1) is 20.7. The molecule has 4 aromatic rings. The molecule has 3 aromatic heterocycles. The molecule has 32 heavy (non-hydrogen) atoms.